The molecule has 0 atom stereocenters. The van der Waals surface area contributed by atoms with Crippen molar-refractivity contribution in [2.24, 2.45) is 0 Å². The molecule has 3 heterocycles. The van der Waals surface area contributed by atoms with Gasteiger partial charge >= 0.3 is 5.84 Å². The number of hydrogen-bond acceptors (Lipinski definition) is 5. The van der Waals surface area contributed by atoms with E-state index in [2.05, 4.69) is 20.3 Å². The average Bonchev–Trinajstić information content (AvgIpc) is 3.09. The predicted molar refractivity (Wildman–Crippen MR) is 71.7 cm³/mol. The van der Waals surface area contributed by atoms with Crippen LogP contribution in [0.4, 0.5) is 0 Å². The van der Waals surface area contributed by atoms with Crippen LogP contribution in [0, 0.1) is 0 Å². The quantitative estimate of drug-likeness (QED) is 0.555. The van der Waals surface area contributed by atoms with E-state index in [1.54, 1.807) is 16.9 Å². The maximum Gasteiger partial charge on any atom is 0.346 e. The van der Waals surface area contributed by atoms with Crippen LogP contribution in [-0.4, -0.2) is 24.8 Å². The van der Waals surface area contributed by atoms with Crippen LogP contribution in [0.2, 0.25) is 0 Å². The lowest BCUT2D eigenvalue weighted by molar-refractivity contribution is 0.601. The van der Waals surface area contributed by atoms with Crippen LogP contribution in [0.1, 0.15) is 0 Å². The fourth-order valence-electron chi connectivity index (χ4n) is 1.99. The third kappa shape index (κ3) is 1.66. The fourth-order valence-corrected chi connectivity index (χ4v) is 1.99. The first-order chi connectivity index (χ1) is 9.92. The molecule has 0 saturated carbocycles. The molecule has 4 aromatic rings. The summed E-state index contributed by atoms with van der Waals surface area (Å²) in [4.78, 5) is 4.07. The minimum Gasteiger partial charge on any atom is -0.402 e. The number of aromatic nitrogens is 5. The van der Waals surface area contributed by atoms with E-state index in [0.29, 0.717) is 17.6 Å². The maximum atomic E-state index is 5.61. The van der Waals surface area contributed by atoms with E-state index in [-0.39, 0.29) is 0 Å². The standard InChI is InChI=1S/C14H9N5O/c1-2-5-10(6-3-1)13-18-19-12(16-17-14(19)20-13)11-7-4-8-15-9-11/h1-9H. The van der Waals surface area contributed by atoms with Gasteiger partial charge < -0.3 is 4.42 Å². The Morgan fingerprint density at radius 2 is 1.75 bits per heavy atom. The molecule has 0 unspecified atom stereocenters. The maximum absolute atomic E-state index is 5.61. The van der Waals surface area contributed by atoms with Crippen molar-refractivity contribution in [1.82, 2.24) is 24.8 Å². The molecule has 0 radical (unpaired) electrons. The van der Waals surface area contributed by atoms with Crippen molar-refractivity contribution in [1.29, 1.82) is 0 Å². The van der Waals surface area contributed by atoms with Crippen LogP contribution in [0.25, 0.3) is 28.7 Å². The molecule has 0 aliphatic rings. The first kappa shape index (κ1) is 10.9. The number of pyridine rings is 1. The van der Waals surface area contributed by atoms with E-state index in [1.807, 2.05) is 42.5 Å². The summed E-state index contributed by atoms with van der Waals surface area (Å²) in [5.41, 5.74) is 1.74. The number of rotatable bonds is 2. The second kappa shape index (κ2) is 4.27. The zero-order valence-electron chi connectivity index (χ0n) is 10.3. The van der Waals surface area contributed by atoms with E-state index < -0.39 is 0 Å². The first-order valence-corrected chi connectivity index (χ1v) is 6.10. The van der Waals surface area contributed by atoms with Crippen molar-refractivity contribution in [3.05, 3.63) is 54.9 Å². The molecule has 0 saturated heterocycles. The van der Waals surface area contributed by atoms with Crippen molar-refractivity contribution in [3.63, 3.8) is 0 Å². The Bertz CT molecular complexity index is 851. The van der Waals surface area contributed by atoms with Crippen LogP contribution in [0.5, 0.6) is 0 Å². The van der Waals surface area contributed by atoms with E-state index in [4.69, 9.17) is 4.42 Å². The molecule has 0 N–H and O–H groups in total. The zero-order chi connectivity index (χ0) is 13.4. The highest BCUT2D eigenvalue weighted by atomic mass is 16.4. The second-order valence-corrected chi connectivity index (χ2v) is 4.23. The van der Waals surface area contributed by atoms with Gasteiger partial charge in [-0.25, -0.2) is 0 Å². The van der Waals surface area contributed by atoms with Crippen molar-refractivity contribution in [2.75, 3.05) is 0 Å². The first-order valence-electron chi connectivity index (χ1n) is 6.10. The van der Waals surface area contributed by atoms with Gasteiger partial charge in [0.1, 0.15) is 0 Å². The van der Waals surface area contributed by atoms with E-state index in [1.165, 1.54) is 0 Å². The molecule has 4 rings (SSSR count). The summed E-state index contributed by atoms with van der Waals surface area (Å²) in [5, 5.41) is 12.5. The normalized spacial score (nSPS) is 11.0. The summed E-state index contributed by atoms with van der Waals surface area (Å²) < 4.78 is 7.20. The van der Waals surface area contributed by atoms with Gasteiger partial charge in [-0.05, 0) is 24.3 Å². The molecule has 96 valence electrons. The molecule has 3 aromatic heterocycles. The predicted octanol–water partition coefficient (Wildman–Crippen LogP) is 2.45. The molecule has 0 fully saturated rings. The Hall–Kier alpha value is -3.02. The van der Waals surface area contributed by atoms with Crippen LogP contribution in [0.3, 0.4) is 0 Å². The van der Waals surface area contributed by atoms with E-state index in [9.17, 15) is 0 Å². The monoisotopic (exact) mass is 263 g/mol. The topological polar surface area (TPSA) is 69.1 Å². The van der Waals surface area contributed by atoms with E-state index in [0.717, 1.165) is 11.1 Å². The van der Waals surface area contributed by atoms with Crippen molar-refractivity contribution < 1.29 is 4.42 Å². The molecule has 6 nitrogen and oxygen atoms in total. The SMILES string of the molecule is c1ccc(-c2nn3c(-c4cccnc4)nnc3o2)cc1. The average molecular weight is 263 g/mol. The third-order valence-corrected chi connectivity index (χ3v) is 2.93. The van der Waals surface area contributed by atoms with Gasteiger partial charge in [-0.1, -0.05) is 23.3 Å². The van der Waals surface area contributed by atoms with Crippen molar-refractivity contribution in [3.8, 4) is 22.8 Å². The highest BCUT2D eigenvalue weighted by Crippen LogP contribution is 2.22. The number of hydrogen-bond donors (Lipinski definition) is 0. The number of nitrogens with zero attached hydrogens (tertiary/aromatic N) is 5. The minimum absolute atomic E-state index is 0.364. The summed E-state index contributed by atoms with van der Waals surface area (Å²) >= 11 is 0. The van der Waals surface area contributed by atoms with Gasteiger partial charge in [-0.3, -0.25) is 4.98 Å². The Balaban J connectivity index is 1.88. The van der Waals surface area contributed by atoms with Gasteiger partial charge in [-0.2, -0.15) is 4.52 Å². The zero-order valence-corrected chi connectivity index (χ0v) is 10.3. The summed E-state index contributed by atoms with van der Waals surface area (Å²) in [6, 6.07) is 13.4. The molecule has 0 amide bonds. The molecule has 6 heteroatoms. The summed E-state index contributed by atoms with van der Waals surface area (Å²) in [7, 11) is 0. The smallest absolute Gasteiger partial charge is 0.346 e. The Labute approximate surface area is 113 Å². The Morgan fingerprint density at radius 1 is 0.900 bits per heavy atom. The van der Waals surface area contributed by atoms with Crippen molar-refractivity contribution >= 4 is 5.84 Å². The van der Waals surface area contributed by atoms with Crippen LogP contribution < -0.4 is 0 Å². The van der Waals surface area contributed by atoms with Gasteiger partial charge in [0.2, 0.25) is 5.89 Å². The Morgan fingerprint density at radius 3 is 2.55 bits per heavy atom. The number of fused-ring (bicyclic) bond motifs is 1. The van der Waals surface area contributed by atoms with Gasteiger partial charge in [0.25, 0.3) is 0 Å². The minimum atomic E-state index is 0.364. The number of benzene rings is 1. The third-order valence-electron chi connectivity index (χ3n) is 2.93. The highest BCUT2D eigenvalue weighted by molar-refractivity contribution is 5.58. The van der Waals surface area contributed by atoms with Gasteiger partial charge in [0, 0.05) is 23.5 Å². The lowest BCUT2D eigenvalue weighted by Crippen LogP contribution is -1.91. The molecule has 0 bridgehead atoms. The summed E-state index contributed by atoms with van der Waals surface area (Å²) in [5.74, 6) is 1.49. The van der Waals surface area contributed by atoms with Gasteiger partial charge in [0.05, 0.1) is 0 Å². The molecular weight excluding hydrogens is 254 g/mol. The fraction of sp³-hybridized carbons (Fsp3) is 0. The molecular formula is C14H9N5O. The molecule has 20 heavy (non-hydrogen) atoms. The molecule has 0 spiro atoms. The van der Waals surface area contributed by atoms with Crippen molar-refractivity contribution in [2.45, 2.75) is 0 Å². The van der Waals surface area contributed by atoms with Crippen LogP contribution in [-0.2, 0) is 0 Å². The molecule has 0 aliphatic heterocycles. The summed E-state index contributed by atoms with van der Waals surface area (Å²) in [6.07, 6.45) is 3.42. The van der Waals surface area contributed by atoms with E-state index >= 15 is 0 Å². The summed E-state index contributed by atoms with van der Waals surface area (Å²) in [6.45, 7) is 0. The molecule has 0 aliphatic carbocycles. The van der Waals surface area contributed by atoms with Crippen LogP contribution in [0.15, 0.2) is 59.3 Å². The second-order valence-electron chi connectivity index (χ2n) is 4.23. The Kier molecular flexibility index (Phi) is 2.32. The lowest BCUT2D eigenvalue weighted by atomic mass is 10.2. The van der Waals surface area contributed by atoms with Gasteiger partial charge in [0.15, 0.2) is 5.82 Å². The molecule has 1 aromatic carbocycles. The largest absolute Gasteiger partial charge is 0.402 e. The highest BCUT2D eigenvalue weighted by Gasteiger charge is 2.15. The lowest BCUT2D eigenvalue weighted by Gasteiger charge is -1.94. The van der Waals surface area contributed by atoms with Gasteiger partial charge in [-0.15, -0.1) is 10.2 Å². The van der Waals surface area contributed by atoms with Crippen LogP contribution >= 0.6 is 0 Å².